The zero-order valence-corrected chi connectivity index (χ0v) is 15.8. The van der Waals surface area contributed by atoms with Gasteiger partial charge in [-0.3, -0.25) is 14.3 Å². The molecule has 1 aliphatic heterocycles. The standard InChI is InChI=1S/C21H23FN4O2/c1-2-28-19-6-4-3-5-18(19)26-20(14-25-11-9-23-10-12-25)24-17-8-7-15(22)13-16(17)21(26)27/h3-8,13,23H,2,9-12,14H2,1H3. The highest BCUT2D eigenvalue weighted by Crippen LogP contribution is 2.24. The van der Waals surface area contributed by atoms with E-state index in [-0.39, 0.29) is 10.9 Å². The van der Waals surface area contributed by atoms with Gasteiger partial charge in [-0.05, 0) is 37.3 Å². The van der Waals surface area contributed by atoms with Gasteiger partial charge in [0.1, 0.15) is 17.4 Å². The molecule has 0 unspecified atom stereocenters. The zero-order valence-electron chi connectivity index (χ0n) is 15.8. The third-order valence-electron chi connectivity index (χ3n) is 4.88. The summed E-state index contributed by atoms with van der Waals surface area (Å²) in [7, 11) is 0. The number of fused-ring (bicyclic) bond motifs is 1. The molecule has 0 spiro atoms. The summed E-state index contributed by atoms with van der Waals surface area (Å²) in [4.78, 5) is 20.4. The van der Waals surface area contributed by atoms with Crippen LogP contribution in [0.4, 0.5) is 4.39 Å². The van der Waals surface area contributed by atoms with Gasteiger partial charge in [-0.15, -0.1) is 0 Å². The maximum absolute atomic E-state index is 13.8. The van der Waals surface area contributed by atoms with Crippen molar-refractivity contribution in [2.24, 2.45) is 0 Å². The Morgan fingerprint density at radius 2 is 1.96 bits per heavy atom. The summed E-state index contributed by atoms with van der Waals surface area (Å²) in [5.74, 6) is 0.773. The van der Waals surface area contributed by atoms with Crippen molar-refractivity contribution in [3.05, 3.63) is 64.5 Å². The molecule has 146 valence electrons. The van der Waals surface area contributed by atoms with Crippen LogP contribution in [-0.2, 0) is 6.54 Å². The molecule has 1 fully saturated rings. The normalized spacial score (nSPS) is 15.1. The van der Waals surface area contributed by atoms with E-state index in [0.717, 1.165) is 26.2 Å². The SMILES string of the molecule is CCOc1ccccc1-n1c(CN2CCNCC2)nc2ccc(F)cc2c1=O. The van der Waals surface area contributed by atoms with Crippen molar-refractivity contribution in [3.63, 3.8) is 0 Å². The smallest absolute Gasteiger partial charge is 0.266 e. The lowest BCUT2D eigenvalue weighted by atomic mass is 10.2. The van der Waals surface area contributed by atoms with Gasteiger partial charge in [-0.1, -0.05) is 12.1 Å². The van der Waals surface area contributed by atoms with Crippen molar-refractivity contribution in [1.82, 2.24) is 19.8 Å². The average molecular weight is 382 g/mol. The Hall–Kier alpha value is -2.77. The number of para-hydroxylation sites is 2. The van der Waals surface area contributed by atoms with Gasteiger partial charge in [0.05, 0.1) is 29.7 Å². The van der Waals surface area contributed by atoms with Crippen LogP contribution >= 0.6 is 0 Å². The second kappa shape index (κ2) is 8.08. The van der Waals surface area contributed by atoms with Gasteiger partial charge in [0.2, 0.25) is 0 Å². The minimum Gasteiger partial charge on any atom is -0.492 e. The van der Waals surface area contributed by atoms with E-state index in [1.807, 2.05) is 31.2 Å². The monoisotopic (exact) mass is 382 g/mol. The Balaban J connectivity index is 1.92. The highest BCUT2D eigenvalue weighted by Gasteiger charge is 2.19. The highest BCUT2D eigenvalue weighted by molar-refractivity contribution is 5.78. The second-order valence-electron chi connectivity index (χ2n) is 6.76. The molecule has 0 amide bonds. The summed E-state index contributed by atoms with van der Waals surface area (Å²) in [5, 5.41) is 3.59. The molecule has 0 aliphatic carbocycles. The van der Waals surface area contributed by atoms with Crippen LogP contribution in [0, 0.1) is 5.82 Å². The summed E-state index contributed by atoms with van der Waals surface area (Å²) >= 11 is 0. The molecule has 0 atom stereocenters. The number of nitrogens with one attached hydrogen (secondary N) is 1. The summed E-state index contributed by atoms with van der Waals surface area (Å²) in [6.07, 6.45) is 0. The van der Waals surface area contributed by atoms with Gasteiger partial charge >= 0.3 is 0 Å². The van der Waals surface area contributed by atoms with Gasteiger partial charge in [-0.2, -0.15) is 0 Å². The second-order valence-corrected chi connectivity index (χ2v) is 6.76. The minimum absolute atomic E-state index is 0.260. The van der Waals surface area contributed by atoms with Crippen LogP contribution in [-0.4, -0.2) is 47.2 Å². The Labute approximate surface area is 162 Å². The van der Waals surface area contributed by atoms with Crippen LogP contribution in [0.15, 0.2) is 47.3 Å². The summed E-state index contributed by atoms with van der Waals surface area (Å²) in [5.41, 5.74) is 0.835. The van der Waals surface area contributed by atoms with E-state index in [0.29, 0.717) is 35.9 Å². The predicted molar refractivity (Wildman–Crippen MR) is 107 cm³/mol. The number of rotatable bonds is 5. The Morgan fingerprint density at radius 3 is 2.75 bits per heavy atom. The van der Waals surface area contributed by atoms with E-state index in [1.165, 1.54) is 12.1 Å². The molecule has 4 rings (SSSR count). The van der Waals surface area contributed by atoms with E-state index >= 15 is 0 Å². The lowest BCUT2D eigenvalue weighted by Gasteiger charge is -2.28. The first-order chi connectivity index (χ1) is 13.7. The number of hydrogen-bond acceptors (Lipinski definition) is 5. The molecule has 0 radical (unpaired) electrons. The van der Waals surface area contributed by atoms with E-state index in [4.69, 9.17) is 9.72 Å². The largest absolute Gasteiger partial charge is 0.492 e. The van der Waals surface area contributed by atoms with Crippen LogP contribution in [0.3, 0.4) is 0 Å². The van der Waals surface area contributed by atoms with Crippen LogP contribution in [0.2, 0.25) is 0 Å². The molecule has 28 heavy (non-hydrogen) atoms. The molecular formula is C21H23FN4O2. The Kier molecular flexibility index (Phi) is 5.36. The zero-order chi connectivity index (χ0) is 19.5. The first-order valence-corrected chi connectivity index (χ1v) is 9.54. The van der Waals surface area contributed by atoms with Gasteiger partial charge < -0.3 is 10.1 Å². The number of piperazine rings is 1. The molecule has 0 bridgehead atoms. The summed E-state index contributed by atoms with van der Waals surface area (Å²) < 4.78 is 21.1. The number of halogens is 1. The van der Waals surface area contributed by atoms with Gasteiger partial charge in [0, 0.05) is 26.2 Å². The minimum atomic E-state index is -0.453. The highest BCUT2D eigenvalue weighted by atomic mass is 19.1. The fourth-order valence-electron chi connectivity index (χ4n) is 3.55. The van der Waals surface area contributed by atoms with E-state index < -0.39 is 5.82 Å². The lowest BCUT2D eigenvalue weighted by molar-refractivity contribution is 0.226. The quantitative estimate of drug-likeness (QED) is 0.734. The molecule has 1 saturated heterocycles. The van der Waals surface area contributed by atoms with Crippen LogP contribution in [0.1, 0.15) is 12.7 Å². The topological polar surface area (TPSA) is 59.4 Å². The molecule has 0 saturated carbocycles. The molecule has 6 nitrogen and oxygen atoms in total. The molecule has 7 heteroatoms. The lowest BCUT2D eigenvalue weighted by Crippen LogP contribution is -2.44. The van der Waals surface area contributed by atoms with E-state index in [1.54, 1.807) is 10.6 Å². The molecule has 2 aromatic carbocycles. The Bertz CT molecular complexity index is 1040. The summed E-state index contributed by atoms with van der Waals surface area (Å²) in [6, 6.07) is 11.5. The fourth-order valence-corrected chi connectivity index (χ4v) is 3.55. The molecule has 1 aromatic heterocycles. The van der Waals surface area contributed by atoms with E-state index in [9.17, 15) is 9.18 Å². The number of ether oxygens (including phenoxy) is 1. The van der Waals surface area contributed by atoms with Gasteiger partial charge in [0.25, 0.3) is 5.56 Å². The van der Waals surface area contributed by atoms with Crippen molar-refractivity contribution >= 4 is 10.9 Å². The maximum Gasteiger partial charge on any atom is 0.266 e. The number of aromatic nitrogens is 2. The Morgan fingerprint density at radius 1 is 1.18 bits per heavy atom. The fraction of sp³-hybridized carbons (Fsp3) is 0.333. The van der Waals surface area contributed by atoms with Crippen molar-refractivity contribution in [2.45, 2.75) is 13.5 Å². The van der Waals surface area contributed by atoms with Crippen molar-refractivity contribution < 1.29 is 9.13 Å². The van der Waals surface area contributed by atoms with Crippen LogP contribution in [0.25, 0.3) is 16.6 Å². The first-order valence-electron chi connectivity index (χ1n) is 9.54. The summed E-state index contributed by atoms with van der Waals surface area (Å²) in [6.45, 7) is 6.47. The molecule has 1 N–H and O–H groups in total. The number of nitrogens with zero attached hydrogens (tertiary/aromatic N) is 3. The third-order valence-corrected chi connectivity index (χ3v) is 4.88. The van der Waals surface area contributed by atoms with Gasteiger partial charge in [-0.25, -0.2) is 9.37 Å². The van der Waals surface area contributed by atoms with Crippen molar-refractivity contribution in [2.75, 3.05) is 32.8 Å². The number of hydrogen-bond donors (Lipinski definition) is 1. The average Bonchev–Trinajstić information content (AvgIpc) is 2.71. The molecule has 2 heterocycles. The predicted octanol–water partition coefficient (Wildman–Crippen LogP) is 2.33. The molecular weight excluding hydrogens is 359 g/mol. The maximum atomic E-state index is 13.8. The van der Waals surface area contributed by atoms with Crippen LogP contribution in [0.5, 0.6) is 5.75 Å². The first kappa shape index (κ1) is 18.6. The third kappa shape index (κ3) is 3.63. The van der Waals surface area contributed by atoms with Gasteiger partial charge in [0.15, 0.2) is 0 Å². The number of benzene rings is 2. The van der Waals surface area contributed by atoms with Crippen molar-refractivity contribution in [1.29, 1.82) is 0 Å². The van der Waals surface area contributed by atoms with E-state index in [2.05, 4.69) is 10.2 Å². The molecule has 1 aliphatic rings. The van der Waals surface area contributed by atoms with Crippen molar-refractivity contribution in [3.8, 4) is 11.4 Å². The van der Waals surface area contributed by atoms with Crippen LogP contribution < -0.4 is 15.6 Å². The molecule has 3 aromatic rings.